The van der Waals surface area contributed by atoms with Crippen LogP contribution in [0.5, 0.6) is 0 Å². The van der Waals surface area contributed by atoms with E-state index in [0.717, 1.165) is 19.8 Å². The summed E-state index contributed by atoms with van der Waals surface area (Å²) in [5.74, 6) is 0. The first kappa shape index (κ1) is 13.9. The number of ether oxygens (including phenoxy) is 1. The highest BCUT2D eigenvalue weighted by atomic mass is 16.5. The summed E-state index contributed by atoms with van der Waals surface area (Å²) in [4.78, 5) is 2.50. The molecule has 0 aliphatic carbocycles. The highest BCUT2D eigenvalue weighted by Gasteiger charge is 2.43. The third kappa shape index (κ3) is 2.99. The van der Waals surface area contributed by atoms with E-state index in [1.807, 2.05) is 0 Å². The van der Waals surface area contributed by atoms with Gasteiger partial charge in [-0.05, 0) is 30.5 Å². The lowest BCUT2D eigenvalue weighted by Crippen LogP contribution is -2.58. The predicted octanol–water partition coefficient (Wildman–Crippen LogP) is 2.80. The smallest absolute Gasteiger partial charge is 0.0472 e. The Kier molecular flexibility index (Phi) is 3.99. The molecular formula is C17H26N2O. The summed E-state index contributed by atoms with van der Waals surface area (Å²) in [5.41, 5.74) is 3.29. The first-order valence-electron chi connectivity index (χ1n) is 7.82. The highest BCUT2D eigenvalue weighted by Crippen LogP contribution is 2.41. The van der Waals surface area contributed by atoms with E-state index in [1.54, 1.807) is 0 Å². The molecule has 1 spiro atoms. The second-order valence-electron chi connectivity index (χ2n) is 6.67. The number of rotatable bonds is 4. The van der Waals surface area contributed by atoms with Gasteiger partial charge in [-0.25, -0.2) is 0 Å². The molecule has 3 nitrogen and oxygen atoms in total. The average Bonchev–Trinajstić information content (AvgIpc) is 2.44. The molecule has 2 heterocycles. The van der Waals surface area contributed by atoms with Crippen molar-refractivity contribution >= 4 is 5.69 Å². The fourth-order valence-corrected chi connectivity index (χ4v) is 3.21. The van der Waals surface area contributed by atoms with Gasteiger partial charge in [-0.2, -0.15) is 0 Å². The topological polar surface area (TPSA) is 24.5 Å². The fraction of sp³-hybridized carbons (Fsp3) is 0.647. The second-order valence-corrected chi connectivity index (χ2v) is 6.67. The van der Waals surface area contributed by atoms with Crippen LogP contribution >= 0.6 is 0 Å². The minimum Gasteiger partial charge on any atom is -0.381 e. The van der Waals surface area contributed by atoms with Crippen molar-refractivity contribution < 1.29 is 4.74 Å². The maximum atomic E-state index is 5.48. The molecule has 2 aliphatic rings. The summed E-state index contributed by atoms with van der Waals surface area (Å²) in [6.45, 7) is 9.64. The number of nitrogens with zero attached hydrogens (tertiary/aromatic N) is 1. The van der Waals surface area contributed by atoms with Gasteiger partial charge in [0.1, 0.15) is 0 Å². The van der Waals surface area contributed by atoms with Gasteiger partial charge in [0.15, 0.2) is 0 Å². The van der Waals surface area contributed by atoms with E-state index in [0.29, 0.717) is 11.5 Å². The quantitative estimate of drug-likeness (QED) is 0.913. The lowest BCUT2D eigenvalue weighted by atomic mass is 9.73. The van der Waals surface area contributed by atoms with Gasteiger partial charge < -0.3 is 15.0 Å². The molecule has 1 N–H and O–H groups in total. The van der Waals surface area contributed by atoms with Crippen molar-refractivity contribution in [2.45, 2.75) is 39.3 Å². The van der Waals surface area contributed by atoms with Gasteiger partial charge in [-0.1, -0.05) is 26.0 Å². The minimum atomic E-state index is 0.540. The van der Waals surface area contributed by atoms with Gasteiger partial charge in [0, 0.05) is 50.0 Å². The molecule has 3 rings (SSSR count). The van der Waals surface area contributed by atoms with Crippen LogP contribution in [0.25, 0.3) is 0 Å². The van der Waals surface area contributed by atoms with Gasteiger partial charge >= 0.3 is 0 Å². The van der Waals surface area contributed by atoms with E-state index in [-0.39, 0.29) is 0 Å². The van der Waals surface area contributed by atoms with Crippen LogP contribution in [0.2, 0.25) is 0 Å². The number of anilines is 1. The molecule has 20 heavy (non-hydrogen) atoms. The Morgan fingerprint density at radius 2 is 1.80 bits per heavy atom. The van der Waals surface area contributed by atoms with Gasteiger partial charge in [-0.3, -0.25) is 0 Å². The SMILES string of the molecule is CC(C)NCc1ccc(N2CC3(CCOCC3)C2)cc1. The van der Waals surface area contributed by atoms with Crippen LogP contribution < -0.4 is 10.2 Å². The van der Waals surface area contributed by atoms with Crippen LogP contribution in [0, 0.1) is 5.41 Å². The number of hydrogen-bond acceptors (Lipinski definition) is 3. The summed E-state index contributed by atoms with van der Waals surface area (Å²) in [5, 5.41) is 3.46. The normalized spacial score (nSPS) is 21.2. The van der Waals surface area contributed by atoms with Gasteiger partial charge in [0.2, 0.25) is 0 Å². The Bertz CT molecular complexity index is 427. The predicted molar refractivity (Wildman–Crippen MR) is 83.1 cm³/mol. The average molecular weight is 274 g/mol. The van der Waals surface area contributed by atoms with Crippen molar-refractivity contribution in [3.63, 3.8) is 0 Å². The molecule has 0 aromatic heterocycles. The highest BCUT2D eigenvalue weighted by molar-refractivity contribution is 5.51. The van der Waals surface area contributed by atoms with Gasteiger partial charge in [0.05, 0.1) is 0 Å². The first-order chi connectivity index (χ1) is 9.67. The zero-order chi connectivity index (χ0) is 14.0. The van der Waals surface area contributed by atoms with Crippen molar-refractivity contribution in [3.05, 3.63) is 29.8 Å². The molecule has 1 aromatic rings. The monoisotopic (exact) mass is 274 g/mol. The number of nitrogens with one attached hydrogen (secondary N) is 1. The molecule has 1 aromatic carbocycles. The summed E-state index contributed by atoms with van der Waals surface area (Å²) in [6, 6.07) is 9.57. The molecule has 0 saturated carbocycles. The molecule has 0 unspecified atom stereocenters. The zero-order valence-electron chi connectivity index (χ0n) is 12.7. The molecule has 0 radical (unpaired) electrons. The zero-order valence-corrected chi connectivity index (χ0v) is 12.7. The molecule has 110 valence electrons. The number of benzene rings is 1. The molecule has 3 heteroatoms. The first-order valence-corrected chi connectivity index (χ1v) is 7.82. The third-order valence-electron chi connectivity index (χ3n) is 4.62. The standard InChI is InChI=1S/C17H26N2O/c1-14(2)18-11-15-3-5-16(6-4-15)19-12-17(13-19)7-9-20-10-8-17/h3-6,14,18H,7-13H2,1-2H3. The molecule has 0 atom stereocenters. The summed E-state index contributed by atoms with van der Waals surface area (Å²) in [6.07, 6.45) is 2.47. The van der Waals surface area contributed by atoms with E-state index >= 15 is 0 Å². The van der Waals surface area contributed by atoms with Crippen LogP contribution in [0.4, 0.5) is 5.69 Å². The van der Waals surface area contributed by atoms with E-state index in [1.165, 1.54) is 37.2 Å². The number of hydrogen-bond donors (Lipinski definition) is 1. The molecule has 2 saturated heterocycles. The largest absolute Gasteiger partial charge is 0.381 e. The maximum absolute atomic E-state index is 5.48. The lowest BCUT2D eigenvalue weighted by molar-refractivity contribution is -0.000191. The summed E-state index contributed by atoms with van der Waals surface area (Å²) in [7, 11) is 0. The van der Waals surface area contributed by atoms with Crippen LogP contribution in [-0.2, 0) is 11.3 Å². The summed E-state index contributed by atoms with van der Waals surface area (Å²) < 4.78 is 5.48. The minimum absolute atomic E-state index is 0.540. The van der Waals surface area contributed by atoms with Crippen LogP contribution in [0.15, 0.2) is 24.3 Å². The molecule has 0 amide bonds. The third-order valence-corrected chi connectivity index (χ3v) is 4.62. The van der Waals surface area contributed by atoms with Gasteiger partial charge in [0.25, 0.3) is 0 Å². The molecule has 0 bridgehead atoms. The Labute approximate surface area is 122 Å². The summed E-state index contributed by atoms with van der Waals surface area (Å²) >= 11 is 0. The van der Waals surface area contributed by atoms with Crippen molar-refractivity contribution in [2.75, 3.05) is 31.2 Å². The van der Waals surface area contributed by atoms with Crippen molar-refractivity contribution in [2.24, 2.45) is 5.41 Å². The fourth-order valence-electron chi connectivity index (χ4n) is 3.21. The van der Waals surface area contributed by atoms with Crippen molar-refractivity contribution in [3.8, 4) is 0 Å². The molecule has 2 fully saturated rings. The van der Waals surface area contributed by atoms with Crippen LogP contribution in [-0.4, -0.2) is 32.3 Å². The van der Waals surface area contributed by atoms with Crippen LogP contribution in [0.3, 0.4) is 0 Å². The second kappa shape index (κ2) is 5.74. The molecule has 2 aliphatic heterocycles. The molecular weight excluding hydrogens is 248 g/mol. The van der Waals surface area contributed by atoms with E-state index in [4.69, 9.17) is 4.74 Å². The van der Waals surface area contributed by atoms with Crippen LogP contribution in [0.1, 0.15) is 32.3 Å². The van der Waals surface area contributed by atoms with E-state index < -0.39 is 0 Å². The van der Waals surface area contributed by atoms with Crippen molar-refractivity contribution in [1.29, 1.82) is 0 Å². The Morgan fingerprint density at radius 3 is 2.40 bits per heavy atom. The van der Waals surface area contributed by atoms with E-state index in [2.05, 4.69) is 48.3 Å². The lowest BCUT2D eigenvalue weighted by Gasteiger charge is -2.53. The van der Waals surface area contributed by atoms with Crippen molar-refractivity contribution in [1.82, 2.24) is 5.32 Å². The van der Waals surface area contributed by atoms with Gasteiger partial charge in [-0.15, -0.1) is 0 Å². The van der Waals surface area contributed by atoms with E-state index in [9.17, 15) is 0 Å². The Hall–Kier alpha value is -1.06. The Morgan fingerprint density at radius 1 is 1.15 bits per heavy atom. The maximum Gasteiger partial charge on any atom is 0.0472 e. The Balaban J connectivity index is 1.54.